The van der Waals surface area contributed by atoms with Crippen molar-refractivity contribution in [2.24, 2.45) is 0 Å². The highest BCUT2D eigenvalue weighted by Gasteiger charge is 2.32. The number of nitrogens with zero attached hydrogens (tertiary/aromatic N) is 1. The molecule has 0 radical (unpaired) electrons. The van der Waals surface area contributed by atoms with Crippen LogP contribution in [0.25, 0.3) is 23.1 Å². The lowest BCUT2D eigenvalue weighted by Gasteiger charge is -2.34. The Bertz CT molecular complexity index is 1190. The molecule has 2 heterocycles. The predicted molar refractivity (Wildman–Crippen MR) is 112 cm³/mol. The maximum Gasteiger partial charge on any atom is 0.197 e. The number of rotatable bonds is 3. The van der Waals surface area contributed by atoms with Crippen molar-refractivity contribution in [3.63, 3.8) is 0 Å². The molecule has 1 aliphatic rings. The number of aromatic hydroxyl groups is 2. The number of aliphatic hydroxyl groups is 1. The summed E-state index contributed by atoms with van der Waals surface area (Å²) in [6.45, 7) is 1.10. The average Bonchev–Trinajstić information content (AvgIpc) is 2.68. The number of piperidine rings is 1. The van der Waals surface area contributed by atoms with E-state index in [4.69, 9.17) is 4.42 Å². The number of fused-ring (bicyclic) bond motifs is 1. The van der Waals surface area contributed by atoms with Crippen LogP contribution in [0.15, 0.2) is 45.6 Å². The van der Waals surface area contributed by atoms with Crippen molar-refractivity contribution in [2.45, 2.75) is 18.4 Å². The quantitative estimate of drug-likeness (QED) is 0.612. The number of hydrogen-bond acceptors (Lipinski definition) is 6. The van der Waals surface area contributed by atoms with Crippen molar-refractivity contribution in [3.05, 3.63) is 69.3 Å². The van der Waals surface area contributed by atoms with Gasteiger partial charge in [0.1, 0.15) is 34.0 Å². The second-order valence-electron chi connectivity index (χ2n) is 7.63. The van der Waals surface area contributed by atoms with Gasteiger partial charge >= 0.3 is 0 Å². The molecule has 1 aromatic heterocycles. The normalized spacial score (nSPS) is 20.2. The van der Waals surface area contributed by atoms with Crippen molar-refractivity contribution in [2.75, 3.05) is 20.1 Å². The first-order valence-corrected chi connectivity index (χ1v) is 9.67. The minimum atomic E-state index is -0.773. The molecule has 2 atom stereocenters. The molecule has 156 valence electrons. The number of likely N-dealkylation sites (tertiary alicyclic amines) is 1. The number of β-amino-alcohol motifs (C(OH)–C–C–N with tert-alkyl or cyclic N) is 1. The second kappa shape index (κ2) is 7.93. The summed E-state index contributed by atoms with van der Waals surface area (Å²) < 4.78 is 19.7. The van der Waals surface area contributed by atoms with Gasteiger partial charge in [-0.2, -0.15) is 0 Å². The molecule has 2 aromatic carbocycles. The van der Waals surface area contributed by atoms with Gasteiger partial charge in [-0.15, -0.1) is 0 Å². The van der Waals surface area contributed by atoms with E-state index in [0.29, 0.717) is 30.6 Å². The van der Waals surface area contributed by atoms with Crippen molar-refractivity contribution in [1.82, 2.24) is 4.90 Å². The Hall–Kier alpha value is -3.16. The van der Waals surface area contributed by atoms with Crippen molar-refractivity contribution >= 4 is 23.1 Å². The third-order valence-corrected chi connectivity index (χ3v) is 5.51. The fraction of sp³-hybridized carbons (Fsp3) is 0.261. The number of halogens is 1. The molecule has 30 heavy (non-hydrogen) atoms. The van der Waals surface area contributed by atoms with Crippen LogP contribution in [-0.2, 0) is 0 Å². The first-order valence-electron chi connectivity index (χ1n) is 9.67. The number of hydrogen-bond donors (Lipinski definition) is 3. The van der Waals surface area contributed by atoms with Crippen LogP contribution in [0.4, 0.5) is 4.39 Å². The Labute approximate surface area is 172 Å². The summed E-state index contributed by atoms with van der Waals surface area (Å²) in [4.78, 5) is 14.7. The molecule has 0 amide bonds. The Morgan fingerprint density at radius 1 is 1.17 bits per heavy atom. The van der Waals surface area contributed by atoms with Crippen molar-refractivity contribution in [3.8, 4) is 11.5 Å². The first kappa shape index (κ1) is 20.1. The molecule has 7 heteroatoms. The summed E-state index contributed by atoms with van der Waals surface area (Å²) in [6.07, 6.45) is 2.70. The van der Waals surface area contributed by atoms with E-state index in [1.165, 1.54) is 24.3 Å². The summed E-state index contributed by atoms with van der Waals surface area (Å²) in [5, 5.41) is 31.3. The third kappa shape index (κ3) is 3.69. The molecule has 1 aliphatic heterocycles. The Morgan fingerprint density at radius 3 is 2.67 bits per heavy atom. The van der Waals surface area contributed by atoms with Gasteiger partial charge < -0.3 is 24.6 Å². The first-order chi connectivity index (χ1) is 14.3. The van der Waals surface area contributed by atoms with Crippen LogP contribution < -0.4 is 5.43 Å². The molecule has 1 fully saturated rings. The summed E-state index contributed by atoms with van der Waals surface area (Å²) in [6, 6.07) is 8.48. The number of benzene rings is 2. The number of likely N-dealkylation sites (N-methyl/N-ethyl adjacent to an activating group) is 1. The van der Waals surface area contributed by atoms with E-state index in [0.717, 1.165) is 6.07 Å². The average molecular weight is 411 g/mol. The molecule has 0 saturated carbocycles. The van der Waals surface area contributed by atoms with Crippen LogP contribution in [-0.4, -0.2) is 46.5 Å². The SMILES string of the molecule is CN1CC[C@H](c2c(O)cc(O)c3c(=O)cc(/C=C/c4ccccc4F)oc23)[C@H](O)C1. The standard InChI is InChI=1S/C23H22FNO5/c1-25-9-8-15(20(29)12-25)21-18(27)11-19(28)22-17(26)10-14(30-23(21)22)7-6-13-4-2-3-5-16(13)24/h2-7,10-11,15,20,27-29H,8-9,12H2,1H3/b7-6+/t15-,20+/m0/s1. The van der Waals surface area contributed by atoms with E-state index in [1.807, 2.05) is 11.9 Å². The Kier molecular flexibility index (Phi) is 5.32. The zero-order valence-corrected chi connectivity index (χ0v) is 16.4. The van der Waals surface area contributed by atoms with Gasteiger partial charge in [-0.3, -0.25) is 4.79 Å². The maximum absolute atomic E-state index is 13.9. The van der Waals surface area contributed by atoms with Gasteiger partial charge in [-0.1, -0.05) is 18.2 Å². The van der Waals surface area contributed by atoms with Crippen LogP contribution in [0.3, 0.4) is 0 Å². The largest absolute Gasteiger partial charge is 0.507 e. The highest BCUT2D eigenvalue weighted by molar-refractivity contribution is 5.89. The zero-order chi connectivity index (χ0) is 21.4. The maximum atomic E-state index is 13.9. The van der Waals surface area contributed by atoms with E-state index < -0.39 is 29.0 Å². The summed E-state index contributed by atoms with van der Waals surface area (Å²) in [7, 11) is 1.89. The lowest BCUT2D eigenvalue weighted by atomic mass is 9.85. The Morgan fingerprint density at radius 2 is 1.93 bits per heavy atom. The van der Waals surface area contributed by atoms with E-state index in [9.17, 15) is 24.5 Å². The molecule has 0 aliphatic carbocycles. The molecule has 3 aromatic rings. The minimum Gasteiger partial charge on any atom is -0.507 e. The fourth-order valence-corrected chi connectivity index (χ4v) is 3.99. The van der Waals surface area contributed by atoms with Gasteiger partial charge in [0.25, 0.3) is 0 Å². The molecule has 4 rings (SSSR count). The second-order valence-corrected chi connectivity index (χ2v) is 7.63. The van der Waals surface area contributed by atoms with Crippen LogP contribution in [0, 0.1) is 5.82 Å². The molecular weight excluding hydrogens is 389 g/mol. The molecule has 6 nitrogen and oxygen atoms in total. The molecule has 0 bridgehead atoms. The van der Waals surface area contributed by atoms with Crippen molar-refractivity contribution < 1.29 is 24.1 Å². The predicted octanol–water partition coefficient (Wildman–Crippen LogP) is 3.29. The van der Waals surface area contributed by atoms with Crippen LogP contribution in [0.2, 0.25) is 0 Å². The lowest BCUT2D eigenvalue weighted by molar-refractivity contribution is 0.0630. The zero-order valence-electron chi connectivity index (χ0n) is 16.4. The van der Waals surface area contributed by atoms with Gasteiger partial charge in [0.2, 0.25) is 0 Å². The van der Waals surface area contributed by atoms with Gasteiger partial charge in [0.15, 0.2) is 5.43 Å². The highest BCUT2D eigenvalue weighted by atomic mass is 19.1. The smallest absolute Gasteiger partial charge is 0.197 e. The fourth-order valence-electron chi connectivity index (χ4n) is 3.99. The molecule has 0 unspecified atom stereocenters. The van der Waals surface area contributed by atoms with Crippen LogP contribution in [0.1, 0.15) is 29.2 Å². The molecule has 0 spiro atoms. The van der Waals surface area contributed by atoms with Gasteiger partial charge in [-0.25, -0.2) is 4.39 Å². The van der Waals surface area contributed by atoms with Crippen LogP contribution >= 0.6 is 0 Å². The van der Waals surface area contributed by atoms with E-state index in [1.54, 1.807) is 18.2 Å². The van der Waals surface area contributed by atoms with Gasteiger partial charge in [0, 0.05) is 35.7 Å². The summed E-state index contributed by atoms with van der Waals surface area (Å²) >= 11 is 0. The number of aliphatic hydroxyl groups excluding tert-OH is 1. The lowest BCUT2D eigenvalue weighted by Crippen LogP contribution is -2.40. The molecular formula is C23H22FNO5. The minimum absolute atomic E-state index is 0.0294. The molecule has 1 saturated heterocycles. The highest BCUT2D eigenvalue weighted by Crippen LogP contribution is 2.41. The third-order valence-electron chi connectivity index (χ3n) is 5.51. The van der Waals surface area contributed by atoms with Gasteiger partial charge in [0.05, 0.1) is 6.10 Å². The van der Waals surface area contributed by atoms with E-state index in [-0.39, 0.29) is 22.5 Å². The van der Waals surface area contributed by atoms with Crippen molar-refractivity contribution in [1.29, 1.82) is 0 Å². The topological polar surface area (TPSA) is 94.1 Å². The van der Waals surface area contributed by atoms with E-state index >= 15 is 0 Å². The summed E-state index contributed by atoms with van der Waals surface area (Å²) in [5.74, 6) is -1.37. The molecule has 3 N–H and O–H groups in total. The van der Waals surface area contributed by atoms with E-state index in [2.05, 4.69) is 0 Å². The Balaban J connectivity index is 1.86. The number of phenolic OH excluding ortho intramolecular Hbond substituents is 2. The number of phenols is 2. The monoisotopic (exact) mass is 411 g/mol. The van der Waals surface area contributed by atoms with Gasteiger partial charge in [-0.05, 0) is 38.2 Å². The van der Waals surface area contributed by atoms with Crippen LogP contribution in [0.5, 0.6) is 11.5 Å². The summed E-state index contributed by atoms with van der Waals surface area (Å²) in [5.41, 5.74) is 0.152.